The van der Waals surface area contributed by atoms with Crippen molar-refractivity contribution in [3.05, 3.63) is 93.7 Å². The predicted molar refractivity (Wildman–Crippen MR) is 165 cm³/mol. The number of imide groups is 2. The number of carbonyl (C=O) groups is 4. The van der Waals surface area contributed by atoms with E-state index in [-0.39, 0.29) is 29.1 Å². The number of hydrogen-bond donors (Lipinski definition) is 1. The maximum atomic E-state index is 14.5. The fourth-order valence-electron chi connectivity index (χ4n) is 8.04. The van der Waals surface area contributed by atoms with E-state index < -0.39 is 82.3 Å². The molecule has 3 aromatic rings. The van der Waals surface area contributed by atoms with Gasteiger partial charge in [0.05, 0.1) is 39.6 Å². The first-order valence-corrected chi connectivity index (χ1v) is 15.6. The van der Waals surface area contributed by atoms with E-state index in [1.807, 2.05) is 0 Å². The van der Waals surface area contributed by atoms with Crippen LogP contribution in [0, 0.1) is 34.9 Å². The molecule has 48 heavy (non-hydrogen) atoms. The van der Waals surface area contributed by atoms with Gasteiger partial charge in [0.1, 0.15) is 17.3 Å². The number of alkyl halides is 3. The number of carbonyl (C=O) groups excluding carboxylic acids is 4. The van der Waals surface area contributed by atoms with E-state index >= 15 is 0 Å². The number of phenolic OH excluding ortho intramolecular Hbond substituents is 1. The van der Waals surface area contributed by atoms with Gasteiger partial charge in [-0.05, 0) is 86.3 Å². The zero-order chi connectivity index (χ0) is 34.4. The smallest absolute Gasteiger partial charge is 0.508 e. The molecule has 14 heteroatoms. The van der Waals surface area contributed by atoms with Gasteiger partial charge in [0, 0.05) is 16.5 Å². The predicted octanol–water partition coefficient (Wildman–Crippen LogP) is 7.17. The molecule has 248 valence electrons. The van der Waals surface area contributed by atoms with Gasteiger partial charge >= 0.3 is 6.36 Å². The van der Waals surface area contributed by atoms with E-state index in [9.17, 15) is 41.8 Å². The fraction of sp³-hybridized carbons (Fsp3) is 0.294. The second-order valence-electron chi connectivity index (χ2n) is 12.5. The fourth-order valence-corrected chi connectivity index (χ4v) is 8.34. The van der Waals surface area contributed by atoms with Gasteiger partial charge in [-0.1, -0.05) is 34.9 Å². The second kappa shape index (κ2) is 11.1. The Labute approximate surface area is 280 Å². The quantitative estimate of drug-likeness (QED) is 0.176. The third kappa shape index (κ3) is 4.79. The molecule has 2 heterocycles. The molecule has 4 amide bonds. The van der Waals surface area contributed by atoms with E-state index in [1.54, 1.807) is 6.08 Å². The molecular weight excluding hydrogens is 679 g/mol. The van der Waals surface area contributed by atoms with Crippen molar-refractivity contribution in [1.29, 1.82) is 0 Å². The third-order valence-corrected chi connectivity index (χ3v) is 10.6. The highest BCUT2D eigenvalue weighted by atomic mass is 35.5. The summed E-state index contributed by atoms with van der Waals surface area (Å²) in [7, 11) is 0. The average Bonchev–Trinajstić information content (AvgIpc) is 3.39. The molecule has 8 nitrogen and oxygen atoms in total. The maximum Gasteiger partial charge on any atom is 0.573 e. The van der Waals surface area contributed by atoms with Gasteiger partial charge in [-0.25, -0.2) is 9.29 Å². The van der Waals surface area contributed by atoms with Crippen molar-refractivity contribution in [1.82, 2.24) is 0 Å². The van der Waals surface area contributed by atoms with Crippen LogP contribution in [0.15, 0.2) is 72.3 Å². The lowest BCUT2D eigenvalue weighted by molar-refractivity contribution is -0.274. The lowest BCUT2D eigenvalue weighted by Crippen LogP contribution is -2.49. The minimum atomic E-state index is -5.08. The summed E-state index contributed by atoms with van der Waals surface area (Å²) in [6.45, 7) is 1.48. The van der Waals surface area contributed by atoms with Gasteiger partial charge < -0.3 is 9.84 Å². The zero-order valence-electron chi connectivity index (χ0n) is 24.8. The molecule has 7 rings (SSSR count). The Bertz CT molecular complexity index is 1950. The molecule has 6 unspecified atom stereocenters. The van der Waals surface area contributed by atoms with Crippen LogP contribution in [0.2, 0.25) is 10.0 Å². The minimum Gasteiger partial charge on any atom is -0.508 e. The summed E-state index contributed by atoms with van der Waals surface area (Å²) in [5.74, 6) is -9.42. The van der Waals surface area contributed by atoms with Gasteiger partial charge in [0.2, 0.25) is 23.6 Å². The van der Waals surface area contributed by atoms with Crippen LogP contribution in [0.5, 0.6) is 11.5 Å². The lowest BCUT2D eigenvalue weighted by atomic mass is 9.51. The topological polar surface area (TPSA) is 104 Å². The van der Waals surface area contributed by atoms with E-state index in [2.05, 4.69) is 4.74 Å². The Morgan fingerprint density at radius 1 is 0.875 bits per heavy atom. The number of amides is 4. The summed E-state index contributed by atoms with van der Waals surface area (Å²) < 4.78 is 58.1. The van der Waals surface area contributed by atoms with Crippen LogP contribution in [-0.2, 0) is 19.2 Å². The third-order valence-electron chi connectivity index (χ3n) is 10.1. The minimum absolute atomic E-state index is 0.0278. The number of halogens is 6. The Kier molecular flexibility index (Phi) is 7.41. The molecule has 3 aromatic carbocycles. The molecule has 2 aliphatic heterocycles. The molecule has 0 bridgehead atoms. The lowest BCUT2D eigenvalue weighted by Gasteiger charge is -2.49. The van der Waals surface area contributed by atoms with Gasteiger partial charge in [-0.3, -0.25) is 24.1 Å². The Balaban J connectivity index is 1.39. The highest BCUT2D eigenvalue weighted by molar-refractivity contribution is 6.32. The molecule has 0 radical (unpaired) electrons. The van der Waals surface area contributed by atoms with Crippen LogP contribution >= 0.6 is 23.2 Å². The molecule has 6 atom stereocenters. The molecular formula is C34H24Cl2F4N2O6. The van der Waals surface area contributed by atoms with E-state index in [0.717, 1.165) is 40.1 Å². The number of ether oxygens (including phenoxy) is 1. The van der Waals surface area contributed by atoms with Gasteiger partial charge in [-0.2, -0.15) is 0 Å². The van der Waals surface area contributed by atoms with Crippen molar-refractivity contribution in [2.45, 2.75) is 32.0 Å². The first kappa shape index (κ1) is 32.1. The summed E-state index contributed by atoms with van der Waals surface area (Å²) >= 11 is 12.0. The SMILES string of the molecule is CC12C(=O)N(c3ccc(F)c(Cl)c3)C(=O)C1CC1C(=CCC3C(=O)N(c4ccc(Cl)cc4)C(=O)C31)C2c1cc(OC(F)(F)F)ccc1O. The molecule has 2 aliphatic carbocycles. The zero-order valence-corrected chi connectivity index (χ0v) is 26.3. The highest BCUT2D eigenvalue weighted by Crippen LogP contribution is 2.64. The average molecular weight is 703 g/mol. The molecule has 1 saturated carbocycles. The van der Waals surface area contributed by atoms with Gasteiger partial charge in [-0.15, -0.1) is 13.2 Å². The van der Waals surface area contributed by atoms with Crippen LogP contribution in [-0.4, -0.2) is 35.1 Å². The summed E-state index contributed by atoms with van der Waals surface area (Å²) in [5.41, 5.74) is -1.15. The van der Waals surface area contributed by atoms with Gasteiger partial charge in [0.15, 0.2) is 0 Å². The largest absolute Gasteiger partial charge is 0.573 e. The van der Waals surface area contributed by atoms with E-state index in [1.165, 1.54) is 37.3 Å². The van der Waals surface area contributed by atoms with Crippen molar-refractivity contribution in [2.24, 2.45) is 29.1 Å². The number of anilines is 2. The highest BCUT2D eigenvalue weighted by Gasteiger charge is 2.68. The Morgan fingerprint density at radius 2 is 1.56 bits per heavy atom. The molecule has 0 aromatic heterocycles. The van der Waals surface area contributed by atoms with Crippen molar-refractivity contribution in [3.63, 3.8) is 0 Å². The van der Waals surface area contributed by atoms with Gasteiger partial charge in [0.25, 0.3) is 0 Å². The normalized spacial score (nSPS) is 28.3. The monoisotopic (exact) mass is 702 g/mol. The number of fused-ring (bicyclic) bond motifs is 4. The number of allylic oxidation sites excluding steroid dienone is 2. The summed E-state index contributed by atoms with van der Waals surface area (Å²) in [5, 5.41) is 11.2. The summed E-state index contributed by atoms with van der Waals surface area (Å²) in [6.07, 6.45) is -3.41. The maximum absolute atomic E-state index is 14.5. The molecule has 1 N–H and O–H groups in total. The van der Waals surface area contributed by atoms with Crippen molar-refractivity contribution >= 4 is 58.2 Å². The molecule has 2 saturated heterocycles. The van der Waals surface area contributed by atoms with Crippen LogP contribution in [0.25, 0.3) is 0 Å². The summed E-state index contributed by atoms with van der Waals surface area (Å²) in [4.78, 5) is 58.5. The van der Waals surface area contributed by atoms with Crippen molar-refractivity contribution in [3.8, 4) is 11.5 Å². The number of hydrogen-bond acceptors (Lipinski definition) is 6. The summed E-state index contributed by atoms with van der Waals surface area (Å²) in [6, 6.07) is 12.3. The van der Waals surface area contributed by atoms with Crippen LogP contribution in [0.3, 0.4) is 0 Å². The molecule has 0 spiro atoms. The first-order chi connectivity index (χ1) is 22.6. The van der Waals surface area contributed by atoms with Crippen LogP contribution in [0.4, 0.5) is 28.9 Å². The number of rotatable bonds is 4. The second-order valence-corrected chi connectivity index (χ2v) is 13.4. The van der Waals surface area contributed by atoms with Crippen LogP contribution < -0.4 is 14.5 Å². The number of benzene rings is 3. The first-order valence-electron chi connectivity index (χ1n) is 14.9. The number of phenols is 1. The Hall–Kier alpha value is -4.42. The molecule has 3 fully saturated rings. The number of aromatic hydroxyl groups is 1. The Morgan fingerprint density at radius 3 is 2.23 bits per heavy atom. The van der Waals surface area contributed by atoms with Crippen molar-refractivity contribution in [2.75, 3.05) is 9.80 Å². The van der Waals surface area contributed by atoms with E-state index in [0.29, 0.717) is 16.3 Å². The van der Waals surface area contributed by atoms with Crippen LogP contribution in [0.1, 0.15) is 31.2 Å². The number of nitrogens with zero attached hydrogens (tertiary/aromatic N) is 2. The van der Waals surface area contributed by atoms with Crippen molar-refractivity contribution < 1.29 is 46.6 Å². The standard InChI is InChI=1S/C34H24Cl2F4N2O6/c1-33-23(30(45)42(32(33)47)17-6-10-25(37)24(36)12-17)14-21-19(28(33)22-13-18(7-11-26(22)43)48-34(38,39)40)8-9-20-27(21)31(46)41(29(20)44)16-4-2-15(35)3-5-16/h2-8,10-13,20-21,23,27-28,43H,9,14H2,1H3. The van der Waals surface area contributed by atoms with E-state index in [4.69, 9.17) is 23.2 Å². The molecule has 4 aliphatic rings.